The fourth-order valence-corrected chi connectivity index (χ4v) is 3.80. The van der Waals surface area contributed by atoms with E-state index >= 15 is 0 Å². The topological polar surface area (TPSA) is 95.5 Å². The van der Waals surface area contributed by atoms with Gasteiger partial charge in [0.1, 0.15) is 17.9 Å². The molecule has 0 bridgehead atoms. The number of rotatable bonds is 8. The molecular weight excluding hydrogens is 412 g/mol. The molecule has 3 rings (SSSR count). The van der Waals surface area contributed by atoms with Crippen molar-refractivity contribution in [3.8, 4) is 0 Å². The molecule has 0 unspecified atom stereocenters. The number of amides is 1. The molecule has 0 aliphatic heterocycles. The van der Waals surface area contributed by atoms with E-state index in [-0.39, 0.29) is 30.8 Å². The number of ether oxygens (including phenoxy) is 1. The van der Waals surface area contributed by atoms with E-state index in [0.29, 0.717) is 18.6 Å². The Kier molecular flexibility index (Phi) is 6.97. The Balaban J connectivity index is 2.15. The van der Waals surface area contributed by atoms with Crippen molar-refractivity contribution in [3.05, 3.63) is 68.5 Å². The van der Waals surface area contributed by atoms with Crippen LogP contribution < -0.4 is 11.2 Å². The third kappa shape index (κ3) is 4.37. The molecular formula is C23H28N4O5. The minimum atomic E-state index is -0.516. The summed E-state index contributed by atoms with van der Waals surface area (Å²) >= 11 is 0. The second-order valence-corrected chi connectivity index (χ2v) is 7.58. The van der Waals surface area contributed by atoms with Crippen LogP contribution in [0.1, 0.15) is 36.3 Å². The first-order valence-corrected chi connectivity index (χ1v) is 10.6. The lowest BCUT2D eigenvalue weighted by Gasteiger charge is -2.23. The van der Waals surface area contributed by atoms with Gasteiger partial charge in [0.05, 0.1) is 12.0 Å². The first kappa shape index (κ1) is 23.1. The quantitative estimate of drug-likeness (QED) is 0.497. The predicted octanol–water partition coefficient (Wildman–Crippen LogP) is 1.65. The fourth-order valence-electron chi connectivity index (χ4n) is 3.80. The molecule has 0 saturated heterocycles. The normalized spacial score (nSPS) is 11.0. The van der Waals surface area contributed by atoms with Crippen LogP contribution in [0.4, 0.5) is 0 Å². The lowest BCUT2D eigenvalue weighted by atomic mass is 10.2. The van der Waals surface area contributed by atoms with E-state index in [0.717, 1.165) is 10.1 Å². The number of fused-ring (bicyclic) bond motifs is 1. The zero-order chi connectivity index (χ0) is 23.4. The molecule has 0 atom stereocenters. The van der Waals surface area contributed by atoms with Crippen LogP contribution in [-0.4, -0.2) is 43.6 Å². The molecule has 0 N–H and O–H groups in total. The van der Waals surface area contributed by atoms with Crippen LogP contribution >= 0.6 is 0 Å². The summed E-state index contributed by atoms with van der Waals surface area (Å²) in [5, 5.41) is 0.280. The number of carbonyl (C=O) groups is 2. The van der Waals surface area contributed by atoms with Gasteiger partial charge >= 0.3 is 11.7 Å². The van der Waals surface area contributed by atoms with Crippen LogP contribution in [0.3, 0.4) is 0 Å². The van der Waals surface area contributed by atoms with Crippen LogP contribution in [0.5, 0.6) is 0 Å². The Labute approximate surface area is 185 Å². The molecule has 9 heteroatoms. The van der Waals surface area contributed by atoms with Crippen molar-refractivity contribution < 1.29 is 14.3 Å². The van der Waals surface area contributed by atoms with Gasteiger partial charge in [0.25, 0.3) is 11.5 Å². The van der Waals surface area contributed by atoms with E-state index in [9.17, 15) is 19.2 Å². The van der Waals surface area contributed by atoms with Crippen LogP contribution in [-0.2, 0) is 36.7 Å². The Morgan fingerprint density at radius 1 is 1.03 bits per heavy atom. The summed E-state index contributed by atoms with van der Waals surface area (Å²) in [6.45, 7) is 4.26. The second-order valence-electron chi connectivity index (χ2n) is 7.58. The number of nitrogens with zero attached hydrogens (tertiary/aromatic N) is 4. The van der Waals surface area contributed by atoms with Crippen molar-refractivity contribution >= 4 is 22.9 Å². The molecule has 9 nitrogen and oxygen atoms in total. The molecule has 1 aromatic carbocycles. The van der Waals surface area contributed by atoms with Crippen LogP contribution in [0.25, 0.3) is 11.0 Å². The summed E-state index contributed by atoms with van der Waals surface area (Å²) in [6.07, 6.45) is 0.685. The number of carbonyl (C=O) groups excluding carboxylic acids is 2. The Bertz CT molecular complexity index is 1250. The van der Waals surface area contributed by atoms with Gasteiger partial charge in [-0.3, -0.25) is 23.5 Å². The molecule has 170 valence electrons. The average Bonchev–Trinajstić information content (AvgIpc) is 3.16. The van der Waals surface area contributed by atoms with Gasteiger partial charge < -0.3 is 14.2 Å². The molecule has 0 radical (unpaired) electrons. The molecule has 3 aromatic rings. The van der Waals surface area contributed by atoms with Crippen LogP contribution in [0.2, 0.25) is 0 Å². The highest BCUT2D eigenvalue weighted by Crippen LogP contribution is 2.19. The number of aryl methyl sites for hydroxylation is 2. The van der Waals surface area contributed by atoms with Crippen molar-refractivity contribution in [2.45, 2.75) is 33.4 Å². The van der Waals surface area contributed by atoms with Crippen molar-refractivity contribution in [3.63, 3.8) is 0 Å². The predicted molar refractivity (Wildman–Crippen MR) is 121 cm³/mol. The Morgan fingerprint density at radius 2 is 1.72 bits per heavy atom. The number of hydrogen-bond donors (Lipinski definition) is 0. The molecule has 2 heterocycles. The molecule has 0 aliphatic rings. The van der Waals surface area contributed by atoms with Gasteiger partial charge in [-0.15, -0.1) is 0 Å². The summed E-state index contributed by atoms with van der Waals surface area (Å²) < 4.78 is 9.14. The van der Waals surface area contributed by atoms with Crippen LogP contribution in [0.15, 0.2) is 46.0 Å². The van der Waals surface area contributed by atoms with Crippen molar-refractivity contribution in [1.29, 1.82) is 0 Å². The molecule has 32 heavy (non-hydrogen) atoms. The SMILES string of the molecule is CCCn1c(C(=O)N(CC(=O)OCC)Cc2ccccc2)cc2c(=O)n(C)c(=O)n(C)c21. The van der Waals surface area contributed by atoms with Gasteiger partial charge in [-0.05, 0) is 25.0 Å². The van der Waals surface area contributed by atoms with Gasteiger partial charge in [0, 0.05) is 27.2 Å². The van der Waals surface area contributed by atoms with Gasteiger partial charge in [0.2, 0.25) is 0 Å². The molecule has 0 aliphatic carbocycles. The summed E-state index contributed by atoms with van der Waals surface area (Å²) in [5.41, 5.74) is 0.558. The van der Waals surface area contributed by atoms with E-state index in [1.54, 1.807) is 18.5 Å². The van der Waals surface area contributed by atoms with Crippen molar-refractivity contribution in [2.24, 2.45) is 14.1 Å². The molecule has 0 spiro atoms. The molecule has 0 saturated carbocycles. The fraction of sp³-hybridized carbons (Fsp3) is 0.391. The zero-order valence-corrected chi connectivity index (χ0v) is 18.8. The maximum absolute atomic E-state index is 13.6. The smallest absolute Gasteiger partial charge is 0.332 e. The van der Waals surface area contributed by atoms with E-state index < -0.39 is 23.1 Å². The third-order valence-electron chi connectivity index (χ3n) is 5.29. The molecule has 2 aromatic heterocycles. The van der Waals surface area contributed by atoms with Gasteiger partial charge in [-0.1, -0.05) is 37.3 Å². The number of esters is 1. The number of aromatic nitrogens is 3. The van der Waals surface area contributed by atoms with Crippen LogP contribution in [0, 0.1) is 0 Å². The van der Waals surface area contributed by atoms with E-state index in [2.05, 4.69) is 0 Å². The first-order valence-electron chi connectivity index (χ1n) is 10.6. The Hall–Kier alpha value is -3.62. The lowest BCUT2D eigenvalue weighted by Crippen LogP contribution is -2.38. The number of benzene rings is 1. The summed E-state index contributed by atoms with van der Waals surface area (Å²) in [4.78, 5) is 52.5. The third-order valence-corrected chi connectivity index (χ3v) is 5.29. The lowest BCUT2D eigenvalue weighted by molar-refractivity contribution is -0.143. The average molecular weight is 441 g/mol. The van der Waals surface area contributed by atoms with Gasteiger partial charge in [-0.25, -0.2) is 4.79 Å². The van der Waals surface area contributed by atoms with Gasteiger partial charge in [-0.2, -0.15) is 0 Å². The first-order chi connectivity index (χ1) is 15.3. The minimum Gasteiger partial charge on any atom is -0.465 e. The summed E-state index contributed by atoms with van der Waals surface area (Å²) in [5.74, 6) is -0.931. The second kappa shape index (κ2) is 9.67. The molecule has 0 fully saturated rings. The summed E-state index contributed by atoms with van der Waals surface area (Å²) in [6, 6.07) is 10.8. The summed E-state index contributed by atoms with van der Waals surface area (Å²) in [7, 11) is 2.98. The highest BCUT2D eigenvalue weighted by atomic mass is 16.5. The zero-order valence-electron chi connectivity index (χ0n) is 18.8. The van der Waals surface area contributed by atoms with Gasteiger partial charge in [0.15, 0.2) is 0 Å². The molecule has 1 amide bonds. The standard InChI is InChI=1S/C23H28N4O5/c1-5-12-27-18(13-17-20(27)24(3)23(31)25(4)21(17)29)22(30)26(15-19(28)32-6-2)14-16-10-8-7-9-11-16/h7-11,13H,5-6,12,14-15H2,1-4H3. The maximum Gasteiger partial charge on any atom is 0.332 e. The highest BCUT2D eigenvalue weighted by Gasteiger charge is 2.26. The van der Waals surface area contributed by atoms with E-state index in [4.69, 9.17) is 4.74 Å². The Morgan fingerprint density at radius 3 is 2.34 bits per heavy atom. The van der Waals surface area contributed by atoms with E-state index in [1.807, 2.05) is 37.3 Å². The minimum absolute atomic E-state index is 0.197. The monoisotopic (exact) mass is 440 g/mol. The highest BCUT2D eigenvalue weighted by molar-refractivity contribution is 5.99. The van der Waals surface area contributed by atoms with E-state index in [1.165, 1.54) is 22.6 Å². The maximum atomic E-state index is 13.6. The largest absolute Gasteiger partial charge is 0.465 e. The van der Waals surface area contributed by atoms with Crippen molar-refractivity contribution in [2.75, 3.05) is 13.2 Å². The number of hydrogen-bond acceptors (Lipinski definition) is 5. The van der Waals surface area contributed by atoms with Crippen molar-refractivity contribution in [1.82, 2.24) is 18.6 Å².